The highest BCUT2D eigenvalue weighted by atomic mass is 19.1. The summed E-state index contributed by atoms with van der Waals surface area (Å²) in [6.45, 7) is 0.0699. The van der Waals surface area contributed by atoms with Crippen LogP contribution in [0.5, 0.6) is 11.5 Å². The molecule has 3 atom stereocenters. The van der Waals surface area contributed by atoms with Gasteiger partial charge in [-0.15, -0.1) is 0 Å². The van der Waals surface area contributed by atoms with Gasteiger partial charge in [0.25, 0.3) is 5.91 Å². The van der Waals surface area contributed by atoms with Gasteiger partial charge < -0.3 is 14.4 Å². The van der Waals surface area contributed by atoms with E-state index in [1.54, 1.807) is 12.1 Å². The Bertz CT molecular complexity index is 736. The lowest BCUT2D eigenvalue weighted by Crippen LogP contribution is -2.50. The van der Waals surface area contributed by atoms with Crippen LogP contribution in [0.2, 0.25) is 0 Å². The molecule has 0 aromatic heterocycles. The molecule has 2 aromatic carbocycles. The highest BCUT2D eigenvalue weighted by molar-refractivity contribution is 5.79. The standard InChI is InChI=1S/C21H22FNO3/c22-15-6-10-19(11-7-15)26-20-12-16-8-9-17(13-20)23(16)21(24)14-25-18-4-2-1-3-5-18/h1-7,10-11,16-17,20H,8-9,12-14H2/t16-,17+,20?. The Hall–Kier alpha value is -2.56. The number of piperidine rings is 1. The summed E-state index contributed by atoms with van der Waals surface area (Å²) in [6.07, 6.45) is 3.70. The maximum Gasteiger partial charge on any atom is 0.261 e. The van der Waals surface area contributed by atoms with E-state index < -0.39 is 0 Å². The smallest absolute Gasteiger partial charge is 0.261 e. The molecule has 2 aliphatic rings. The molecule has 4 nitrogen and oxygen atoms in total. The monoisotopic (exact) mass is 355 g/mol. The van der Waals surface area contributed by atoms with Gasteiger partial charge in [-0.25, -0.2) is 4.39 Å². The fourth-order valence-electron chi connectivity index (χ4n) is 4.07. The Morgan fingerprint density at radius 2 is 1.62 bits per heavy atom. The van der Waals surface area contributed by atoms with Gasteiger partial charge >= 0.3 is 0 Å². The number of ether oxygens (including phenoxy) is 2. The van der Waals surface area contributed by atoms with Gasteiger partial charge in [-0.3, -0.25) is 4.79 Å². The van der Waals surface area contributed by atoms with Crippen LogP contribution in [0.3, 0.4) is 0 Å². The number of rotatable bonds is 5. The summed E-state index contributed by atoms with van der Waals surface area (Å²) in [5, 5.41) is 0. The third-order valence-electron chi connectivity index (χ3n) is 5.20. The predicted octanol–water partition coefficient (Wildman–Crippen LogP) is 3.81. The Balaban J connectivity index is 1.34. The molecule has 1 amide bonds. The number of fused-ring (bicyclic) bond motifs is 2. The number of para-hydroxylation sites is 1. The maximum atomic E-state index is 13.0. The maximum absolute atomic E-state index is 13.0. The molecule has 26 heavy (non-hydrogen) atoms. The van der Waals surface area contributed by atoms with Crippen LogP contribution in [-0.2, 0) is 4.79 Å². The van der Waals surface area contributed by atoms with Crippen molar-refractivity contribution in [1.82, 2.24) is 4.90 Å². The number of hydrogen-bond donors (Lipinski definition) is 0. The second-order valence-corrected chi connectivity index (χ2v) is 6.95. The van der Waals surface area contributed by atoms with Gasteiger partial charge in [0, 0.05) is 24.9 Å². The van der Waals surface area contributed by atoms with Gasteiger partial charge in [-0.1, -0.05) is 18.2 Å². The van der Waals surface area contributed by atoms with E-state index in [1.807, 2.05) is 35.2 Å². The van der Waals surface area contributed by atoms with Crippen molar-refractivity contribution in [3.05, 3.63) is 60.4 Å². The third kappa shape index (κ3) is 3.66. The summed E-state index contributed by atoms with van der Waals surface area (Å²) in [5.41, 5.74) is 0. The zero-order valence-corrected chi connectivity index (χ0v) is 14.5. The topological polar surface area (TPSA) is 38.8 Å². The molecule has 0 aliphatic carbocycles. The van der Waals surface area contributed by atoms with E-state index in [-0.39, 0.29) is 36.5 Å². The van der Waals surface area contributed by atoms with Crippen LogP contribution in [0, 0.1) is 5.82 Å². The average Bonchev–Trinajstić information content (AvgIpc) is 2.93. The third-order valence-corrected chi connectivity index (χ3v) is 5.20. The SMILES string of the molecule is O=C(COc1ccccc1)N1[C@@H]2CC[C@H]1CC(Oc1ccc(F)cc1)C2. The Kier molecular flexibility index (Phi) is 4.78. The molecule has 0 spiro atoms. The number of nitrogens with zero attached hydrogens (tertiary/aromatic N) is 1. The number of carbonyl (C=O) groups excluding carboxylic acids is 1. The minimum Gasteiger partial charge on any atom is -0.490 e. The van der Waals surface area contributed by atoms with Crippen LogP contribution in [-0.4, -0.2) is 35.6 Å². The minimum absolute atomic E-state index is 0.0431. The van der Waals surface area contributed by atoms with E-state index in [9.17, 15) is 9.18 Å². The van der Waals surface area contributed by atoms with Crippen LogP contribution in [0.4, 0.5) is 4.39 Å². The van der Waals surface area contributed by atoms with Crippen LogP contribution in [0.1, 0.15) is 25.7 Å². The first kappa shape index (κ1) is 16.9. The lowest BCUT2D eigenvalue weighted by molar-refractivity contribution is -0.139. The van der Waals surface area contributed by atoms with E-state index in [4.69, 9.17) is 9.47 Å². The zero-order valence-electron chi connectivity index (χ0n) is 14.5. The molecule has 2 heterocycles. The quantitative estimate of drug-likeness (QED) is 0.819. The highest BCUT2D eigenvalue weighted by Gasteiger charge is 2.44. The minimum atomic E-state index is -0.267. The molecule has 2 aliphatic heterocycles. The largest absolute Gasteiger partial charge is 0.490 e. The van der Waals surface area contributed by atoms with Crippen LogP contribution in [0.25, 0.3) is 0 Å². The van der Waals surface area contributed by atoms with Crippen molar-refractivity contribution in [3.8, 4) is 11.5 Å². The molecule has 5 heteroatoms. The molecule has 1 unspecified atom stereocenters. The lowest BCUT2D eigenvalue weighted by atomic mass is 9.99. The molecule has 0 saturated carbocycles. The van der Waals surface area contributed by atoms with Gasteiger partial charge in [0.15, 0.2) is 6.61 Å². The first-order valence-electron chi connectivity index (χ1n) is 9.10. The molecule has 2 bridgehead atoms. The molecule has 2 saturated heterocycles. The molecule has 4 rings (SSSR count). The van der Waals surface area contributed by atoms with Crippen LogP contribution >= 0.6 is 0 Å². The lowest BCUT2D eigenvalue weighted by Gasteiger charge is -2.38. The summed E-state index contributed by atoms with van der Waals surface area (Å²) in [7, 11) is 0. The van der Waals surface area contributed by atoms with Gasteiger partial charge in [0.1, 0.15) is 23.4 Å². The Labute approximate surface area is 152 Å². The first-order valence-corrected chi connectivity index (χ1v) is 9.10. The number of amides is 1. The van der Waals surface area contributed by atoms with Crippen LogP contribution < -0.4 is 9.47 Å². The fraction of sp³-hybridized carbons (Fsp3) is 0.381. The normalized spacial score (nSPS) is 24.3. The summed E-state index contributed by atoms with van der Waals surface area (Å²) in [5.74, 6) is 1.17. The van der Waals surface area contributed by atoms with E-state index >= 15 is 0 Å². The van der Waals surface area contributed by atoms with E-state index in [1.165, 1.54) is 12.1 Å². The molecule has 2 fully saturated rings. The number of carbonyl (C=O) groups is 1. The Morgan fingerprint density at radius 1 is 0.962 bits per heavy atom. The van der Waals surface area contributed by atoms with Crippen molar-refractivity contribution in [2.24, 2.45) is 0 Å². The molecule has 0 N–H and O–H groups in total. The summed E-state index contributed by atoms with van der Waals surface area (Å²) in [4.78, 5) is 14.6. The number of hydrogen-bond acceptors (Lipinski definition) is 3. The van der Waals surface area contributed by atoms with Crippen molar-refractivity contribution >= 4 is 5.91 Å². The second kappa shape index (κ2) is 7.36. The number of halogens is 1. The van der Waals surface area contributed by atoms with E-state index in [0.717, 1.165) is 25.7 Å². The molecular weight excluding hydrogens is 333 g/mol. The van der Waals surface area contributed by atoms with Crippen molar-refractivity contribution in [2.75, 3.05) is 6.61 Å². The van der Waals surface area contributed by atoms with Crippen molar-refractivity contribution in [2.45, 2.75) is 43.9 Å². The number of benzene rings is 2. The fourth-order valence-corrected chi connectivity index (χ4v) is 4.07. The molecular formula is C21H22FNO3. The summed E-state index contributed by atoms with van der Waals surface area (Å²) in [6, 6.07) is 15.9. The predicted molar refractivity (Wildman–Crippen MR) is 95.6 cm³/mol. The van der Waals surface area contributed by atoms with E-state index in [2.05, 4.69) is 0 Å². The van der Waals surface area contributed by atoms with Gasteiger partial charge in [0.2, 0.25) is 0 Å². The second-order valence-electron chi connectivity index (χ2n) is 6.95. The molecule has 136 valence electrons. The van der Waals surface area contributed by atoms with Crippen molar-refractivity contribution in [3.63, 3.8) is 0 Å². The highest BCUT2D eigenvalue weighted by Crippen LogP contribution is 2.37. The van der Waals surface area contributed by atoms with Gasteiger partial charge in [0.05, 0.1) is 0 Å². The Morgan fingerprint density at radius 3 is 2.27 bits per heavy atom. The molecule has 2 aromatic rings. The first-order chi connectivity index (χ1) is 12.7. The van der Waals surface area contributed by atoms with Crippen molar-refractivity contribution in [1.29, 1.82) is 0 Å². The molecule has 0 radical (unpaired) electrons. The van der Waals surface area contributed by atoms with E-state index in [0.29, 0.717) is 11.5 Å². The average molecular weight is 355 g/mol. The van der Waals surface area contributed by atoms with Gasteiger partial charge in [-0.2, -0.15) is 0 Å². The zero-order chi connectivity index (χ0) is 17.9. The van der Waals surface area contributed by atoms with Crippen molar-refractivity contribution < 1.29 is 18.7 Å². The summed E-state index contributed by atoms with van der Waals surface area (Å²) < 4.78 is 24.7. The van der Waals surface area contributed by atoms with Gasteiger partial charge in [-0.05, 0) is 49.2 Å². The summed E-state index contributed by atoms with van der Waals surface area (Å²) >= 11 is 0. The van der Waals surface area contributed by atoms with Crippen LogP contribution in [0.15, 0.2) is 54.6 Å².